The van der Waals surface area contributed by atoms with E-state index in [9.17, 15) is 36.0 Å². The Morgan fingerprint density at radius 3 is 2.19 bits per heavy atom. The Kier molecular flexibility index (Phi) is 7.27. The Balaban J connectivity index is 1.66. The summed E-state index contributed by atoms with van der Waals surface area (Å²) in [6.45, 7) is 1.45. The minimum Gasteiger partial charge on any atom is -0.351 e. The third-order valence-electron chi connectivity index (χ3n) is 6.62. The minimum absolute atomic E-state index is 0.0615. The molecule has 0 spiro atoms. The summed E-state index contributed by atoms with van der Waals surface area (Å²) >= 11 is 0. The second-order valence-electron chi connectivity index (χ2n) is 9.01. The molecule has 1 aliphatic heterocycles. The number of rotatable bonds is 6. The lowest BCUT2D eigenvalue weighted by Gasteiger charge is -2.31. The van der Waals surface area contributed by atoms with Gasteiger partial charge in [-0.05, 0) is 61.7 Å². The first kappa shape index (κ1) is 26.6. The molecule has 1 aromatic carbocycles. The van der Waals surface area contributed by atoms with Crippen LogP contribution in [0, 0.1) is 0 Å². The monoisotopic (exact) mass is 538 g/mol. The van der Waals surface area contributed by atoms with E-state index >= 15 is 0 Å². The lowest BCUT2D eigenvalue weighted by atomic mass is 9.94. The Morgan fingerprint density at radius 1 is 1.03 bits per heavy atom. The summed E-state index contributed by atoms with van der Waals surface area (Å²) in [4.78, 5) is 44.9. The van der Waals surface area contributed by atoms with Crippen LogP contribution >= 0.6 is 0 Å². The molecule has 1 saturated carbocycles. The predicted molar refractivity (Wildman–Crippen MR) is 126 cm³/mol. The van der Waals surface area contributed by atoms with Gasteiger partial charge in [0.25, 0.3) is 15.7 Å². The number of carbonyl (C=O) groups excluding carboxylic acids is 3. The number of sulfone groups is 1. The highest BCUT2D eigenvalue weighted by Gasteiger charge is 2.50. The van der Waals surface area contributed by atoms with Gasteiger partial charge in [0.05, 0.1) is 10.6 Å². The largest absolute Gasteiger partial charge is 0.501 e. The normalized spacial score (nSPS) is 20.3. The van der Waals surface area contributed by atoms with Crippen molar-refractivity contribution < 1.29 is 36.0 Å². The van der Waals surface area contributed by atoms with E-state index in [0.717, 1.165) is 54.0 Å². The van der Waals surface area contributed by atoms with Crippen LogP contribution in [-0.2, 0) is 19.4 Å². The van der Waals surface area contributed by atoms with E-state index in [-0.39, 0.29) is 11.7 Å². The molecule has 13 heteroatoms. The predicted octanol–water partition coefficient (Wildman–Crippen LogP) is 3.72. The molecule has 2 heterocycles. The van der Waals surface area contributed by atoms with Crippen molar-refractivity contribution >= 4 is 33.4 Å². The second-order valence-corrected chi connectivity index (χ2v) is 11.0. The van der Waals surface area contributed by atoms with Crippen LogP contribution in [0.3, 0.4) is 0 Å². The van der Waals surface area contributed by atoms with Gasteiger partial charge < -0.3 is 5.32 Å². The summed E-state index contributed by atoms with van der Waals surface area (Å²) in [6, 6.07) is 3.24. The van der Waals surface area contributed by atoms with Crippen LogP contribution in [0.25, 0.3) is 0 Å². The summed E-state index contributed by atoms with van der Waals surface area (Å²) < 4.78 is 62.0. The summed E-state index contributed by atoms with van der Waals surface area (Å²) in [5.74, 6) is -1.17. The van der Waals surface area contributed by atoms with Gasteiger partial charge in [0, 0.05) is 18.4 Å². The molecule has 2 atom stereocenters. The molecule has 1 saturated heterocycles. The lowest BCUT2D eigenvalue weighted by Crippen LogP contribution is -2.48. The third kappa shape index (κ3) is 5.04. The first-order valence-electron chi connectivity index (χ1n) is 11.7. The number of hydrogen-bond acceptors (Lipinski definition) is 6. The number of aromatic nitrogens is 1. The van der Waals surface area contributed by atoms with Crippen LogP contribution in [0.1, 0.15) is 50.6 Å². The number of nitrogens with one attached hydrogen (secondary N) is 1. The number of carbonyl (C=O) groups is 3. The third-order valence-corrected chi connectivity index (χ3v) is 8.12. The van der Waals surface area contributed by atoms with Crippen LogP contribution in [0.5, 0.6) is 0 Å². The molecule has 37 heavy (non-hydrogen) atoms. The molecule has 2 fully saturated rings. The van der Waals surface area contributed by atoms with Gasteiger partial charge in [-0.25, -0.2) is 18.1 Å². The summed E-state index contributed by atoms with van der Waals surface area (Å²) in [6.07, 6.45) is 7.54. The number of hydrogen-bond donors (Lipinski definition) is 1. The maximum atomic E-state index is 13.5. The van der Waals surface area contributed by atoms with Gasteiger partial charge in [-0.3, -0.25) is 19.5 Å². The van der Waals surface area contributed by atoms with Crippen molar-refractivity contribution in [2.24, 2.45) is 0 Å². The summed E-state index contributed by atoms with van der Waals surface area (Å²) in [5.41, 5.74) is -5.18. The van der Waals surface area contributed by atoms with Crippen LogP contribution < -0.4 is 10.2 Å². The molecule has 2 aliphatic rings. The molecule has 4 rings (SSSR count). The molecule has 1 aliphatic carbocycles. The van der Waals surface area contributed by atoms with Crippen molar-refractivity contribution in [2.45, 2.75) is 67.6 Å². The van der Waals surface area contributed by atoms with Crippen LogP contribution in [0.4, 0.5) is 23.7 Å². The van der Waals surface area contributed by atoms with Gasteiger partial charge >= 0.3 is 11.5 Å². The van der Waals surface area contributed by atoms with Crippen molar-refractivity contribution in [3.63, 3.8) is 0 Å². The van der Waals surface area contributed by atoms with Crippen molar-refractivity contribution in [1.82, 2.24) is 15.2 Å². The highest BCUT2D eigenvalue weighted by atomic mass is 32.2. The molecule has 2 unspecified atom stereocenters. The SMILES string of the molecule is CC1C(=O)N(c2ccc(S(=O)(=O)C(F)(F)F)cc2)C(=O)N1C(C(=O)NC1CCCCC1)c1ccncc1. The van der Waals surface area contributed by atoms with E-state index in [1.54, 1.807) is 12.1 Å². The first-order valence-corrected chi connectivity index (χ1v) is 13.2. The number of anilines is 1. The zero-order valence-corrected chi connectivity index (χ0v) is 20.6. The average molecular weight is 539 g/mol. The number of amides is 4. The van der Waals surface area contributed by atoms with Crippen LogP contribution in [-0.4, -0.2) is 53.7 Å². The molecule has 1 aromatic heterocycles. The van der Waals surface area contributed by atoms with Crippen molar-refractivity contribution in [3.05, 3.63) is 54.4 Å². The van der Waals surface area contributed by atoms with E-state index in [0.29, 0.717) is 17.7 Å². The topological polar surface area (TPSA) is 117 Å². The Labute approximate surface area is 211 Å². The average Bonchev–Trinajstić information content (AvgIpc) is 3.08. The van der Waals surface area contributed by atoms with Gasteiger partial charge in [-0.15, -0.1) is 0 Å². The van der Waals surface area contributed by atoms with Crippen molar-refractivity contribution in [2.75, 3.05) is 4.90 Å². The molecule has 1 N–H and O–H groups in total. The smallest absolute Gasteiger partial charge is 0.351 e. The van der Waals surface area contributed by atoms with E-state index in [4.69, 9.17) is 0 Å². The fourth-order valence-electron chi connectivity index (χ4n) is 4.67. The van der Waals surface area contributed by atoms with Crippen LogP contribution in [0.2, 0.25) is 0 Å². The van der Waals surface area contributed by atoms with Gasteiger partial charge in [0.1, 0.15) is 12.1 Å². The molecule has 0 bridgehead atoms. The van der Waals surface area contributed by atoms with E-state index in [1.807, 2.05) is 0 Å². The Morgan fingerprint density at radius 2 is 1.62 bits per heavy atom. The van der Waals surface area contributed by atoms with E-state index < -0.39 is 50.2 Å². The number of halogens is 3. The lowest BCUT2D eigenvalue weighted by molar-refractivity contribution is -0.128. The second kappa shape index (κ2) is 10.1. The molecule has 2 aromatic rings. The number of alkyl halides is 3. The fraction of sp³-hybridized carbons (Fsp3) is 0.417. The Bertz CT molecular complexity index is 1280. The zero-order chi connectivity index (χ0) is 27.0. The van der Waals surface area contributed by atoms with Gasteiger partial charge in [0.15, 0.2) is 0 Å². The Hall–Kier alpha value is -3.48. The van der Waals surface area contributed by atoms with Gasteiger partial charge in [-0.2, -0.15) is 13.2 Å². The molecular formula is C24H25F3N4O5S. The maximum absolute atomic E-state index is 13.5. The highest BCUT2D eigenvalue weighted by molar-refractivity contribution is 7.92. The number of nitrogens with zero attached hydrogens (tertiary/aromatic N) is 3. The molecule has 0 radical (unpaired) electrons. The number of pyridine rings is 1. The van der Waals surface area contributed by atoms with Crippen molar-refractivity contribution in [1.29, 1.82) is 0 Å². The first-order chi connectivity index (χ1) is 17.4. The number of benzene rings is 1. The van der Waals surface area contributed by atoms with Crippen LogP contribution in [0.15, 0.2) is 53.7 Å². The summed E-state index contributed by atoms with van der Waals surface area (Å²) in [7, 11) is -5.60. The molecule has 198 valence electrons. The van der Waals surface area contributed by atoms with E-state index in [2.05, 4.69) is 10.3 Å². The number of urea groups is 1. The van der Waals surface area contributed by atoms with Crippen molar-refractivity contribution in [3.8, 4) is 0 Å². The fourth-order valence-corrected chi connectivity index (χ4v) is 5.43. The standard InChI is InChI=1S/C24H25F3N4O5S/c1-15-22(33)31(18-7-9-19(10-8-18)37(35,36)24(25,26)27)23(34)30(15)20(16-11-13-28-14-12-16)21(32)29-17-5-3-2-4-6-17/h7-15,17,20H,2-6H2,1H3,(H,29,32). The molecule has 9 nitrogen and oxygen atoms in total. The van der Waals surface area contributed by atoms with Gasteiger partial charge in [-0.1, -0.05) is 19.3 Å². The quantitative estimate of drug-likeness (QED) is 0.561. The maximum Gasteiger partial charge on any atom is 0.501 e. The van der Waals surface area contributed by atoms with E-state index in [1.165, 1.54) is 19.3 Å². The number of imide groups is 1. The molecule has 4 amide bonds. The van der Waals surface area contributed by atoms with Gasteiger partial charge in [0.2, 0.25) is 5.91 Å². The highest BCUT2D eigenvalue weighted by Crippen LogP contribution is 2.35. The molecular weight excluding hydrogens is 513 g/mol. The minimum atomic E-state index is -5.60. The summed E-state index contributed by atoms with van der Waals surface area (Å²) in [5, 5.41) is 2.99. The zero-order valence-electron chi connectivity index (χ0n) is 19.8.